The largest absolute Gasteiger partial charge is 0.492 e. The lowest BCUT2D eigenvalue weighted by Crippen LogP contribution is -2.33. The molecular weight excluding hydrogens is 417 g/mol. The lowest BCUT2D eigenvalue weighted by atomic mass is 10.1. The third kappa shape index (κ3) is 4.95. The topological polar surface area (TPSA) is 55.8 Å². The number of fused-ring (bicyclic) bond motifs is 1. The lowest BCUT2D eigenvalue weighted by Gasteiger charge is -2.20. The minimum atomic E-state index is -3.64. The zero-order valence-electron chi connectivity index (χ0n) is 17.3. The summed E-state index contributed by atoms with van der Waals surface area (Å²) in [5.74, 6) is 0.384. The summed E-state index contributed by atoms with van der Waals surface area (Å²) in [5, 5.41) is 0. The van der Waals surface area contributed by atoms with Crippen LogP contribution in [0.5, 0.6) is 5.75 Å². The molecule has 0 atom stereocenters. The van der Waals surface area contributed by atoms with Gasteiger partial charge in [0, 0.05) is 18.7 Å². The number of hydrogen-bond acceptors (Lipinski definition) is 4. The van der Waals surface area contributed by atoms with E-state index in [0.29, 0.717) is 29.4 Å². The molecule has 0 saturated carbocycles. The molecule has 0 saturated heterocycles. The van der Waals surface area contributed by atoms with E-state index in [9.17, 15) is 12.8 Å². The van der Waals surface area contributed by atoms with Gasteiger partial charge in [-0.25, -0.2) is 12.8 Å². The van der Waals surface area contributed by atoms with Crippen LogP contribution in [0.2, 0.25) is 0 Å². The zero-order chi connectivity index (χ0) is 21.8. The molecule has 0 aromatic heterocycles. The van der Waals surface area contributed by atoms with Gasteiger partial charge in [-0.3, -0.25) is 0 Å². The number of ether oxygens (including phenoxy) is 2. The van der Waals surface area contributed by atoms with E-state index in [-0.39, 0.29) is 25.5 Å². The Labute approximate surface area is 182 Å². The van der Waals surface area contributed by atoms with E-state index in [1.165, 1.54) is 16.4 Å². The number of nitrogens with zero attached hydrogens (tertiary/aromatic N) is 1. The number of hydrogen-bond donors (Lipinski definition) is 0. The van der Waals surface area contributed by atoms with Crippen molar-refractivity contribution in [3.8, 4) is 5.75 Å². The van der Waals surface area contributed by atoms with Crippen LogP contribution in [0.25, 0.3) is 0 Å². The summed E-state index contributed by atoms with van der Waals surface area (Å²) >= 11 is 0. The van der Waals surface area contributed by atoms with Crippen molar-refractivity contribution in [2.45, 2.75) is 31.6 Å². The Kier molecular flexibility index (Phi) is 6.36. The van der Waals surface area contributed by atoms with Crippen LogP contribution in [0, 0.1) is 12.7 Å². The first kappa shape index (κ1) is 21.5. The van der Waals surface area contributed by atoms with Crippen molar-refractivity contribution in [1.82, 2.24) is 4.31 Å². The number of rotatable bonds is 6. The van der Waals surface area contributed by atoms with Crippen molar-refractivity contribution in [2.75, 3.05) is 13.2 Å². The maximum absolute atomic E-state index is 13.3. The Morgan fingerprint density at radius 1 is 1.00 bits per heavy atom. The molecule has 0 unspecified atom stereocenters. The quantitative estimate of drug-likeness (QED) is 0.568. The predicted octanol–water partition coefficient (Wildman–Crippen LogP) is 4.43. The van der Waals surface area contributed by atoms with E-state index in [1.54, 1.807) is 31.2 Å². The summed E-state index contributed by atoms with van der Waals surface area (Å²) in [7, 11) is -3.64. The number of sulfonamides is 1. The molecule has 3 aromatic carbocycles. The van der Waals surface area contributed by atoms with Gasteiger partial charge in [0.25, 0.3) is 0 Å². The van der Waals surface area contributed by atoms with Gasteiger partial charge in [0.05, 0.1) is 18.1 Å². The standard InChI is InChI=1S/C24H24FNO4S/c1-18-5-2-3-8-24(18)31(27,28)26-11-12-30-23-10-9-20(13-21(23)15-26)17-29-16-19-6-4-7-22(25)14-19/h2-10,13-14H,11-12,15-17H2,1H3. The van der Waals surface area contributed by atoms with Crippen molar-refractivity contribution in [3.63, 3.8) is 0 Å². The Bertz CT molecular complexity index is 1180. The average molecular weight is 442 g/mol. The summed E-state index contributed by atoms with van der Waals surface area (Å²) in [5.41, 5.74) is 3.16. The second-order valence-corrected chi connectivity index (χ2v) is 9.42. The summed E-state index contributed by atoms with van der Waals surface area (Å²) in [6.07, 6.45) is 0. The molecule has 162 valence electrons. The monoisotopic (exact) mass is 441 g/mol. The Morgan fingerprint density at radius 2 is 1.77 bits per heavy atom. The zero-order valence-corrected chi connectivity index (χ0v) is 18.1. The lowest BCUT2D eigenvalue weighted by molar-refractivity contribution is 0.107. The first-order valence-electron chi connectivity index (χ1n) is 10.1. The molecule has 0 aliphatic carbocycles. The minimum absolute atomic E-state index is 0.226. The fraction of sp³-hybridized carbons (Fsp3) is 0.250. The fourth-order valence-electron chi connectivity index (χ4n) is 3.62. The highest BCUT2D eigenvalue weighted by Crippen LogP contribution is 2.29. The van der Waals surface area contributed by atoms with Crippen LogP contribution in [0.15, 0.2) is 71.6 Å². The van der Waals surface area contributed by atoms with Gasteiger partial charge < -0.3 is 9.47 Å². The van der Waals surface area contributed by atoms with E-state index in [4.69, 9.17) is 9.47 Å². The molecule has 1 aliphatic rings. The number of benzene rings is 3. The van der Waals surface area contributed by atoms with E-state index < -0.39 is 10.0 Å². The molecule has 7 heteroatoms. The van der Waals surface area contributed by atoms with Gasteiger partial charge in [0.15, 0.2) is 0 Å². The van der Waals surface area contributed by atoms with E-state index in [1.807, 2.05) is 30.3 Å². The molecule has 4 rings (SSSR count). The number of halogens is 1. The number of aryl methyl sites for hydroxylation is 1. The van der Waals surface area contributed by atoms with E-state index >= 15 is 0 Å². The molecule has 5 nitrogen and oxygen atoms in total. The van der Waals surface area contributed by atoms with E-state index in [0.717, 1.165) is 16.7 Å². The molecule has 1 aliphatic heterocycles. The smallest absolute Gasteiger partial charge is 0.243 e. The van der Waals surface area contributed by atoms with Crippen molar-refractivity contribution in [1.29, 1.82) is 0 Å². The molecule has 31 heavy (non-hydrogen) atoms. The maximum atomic E-state index is 13.3. The second-order valence-electron chi connectivity index (χ2n) is 7.52. The highest BCUT2D eigenvalue weighted by atomic mass is 32.2. The molecular formula is C24H24FNO4S. The van der Waals surface area contributed by atoms with Crippen molar-refractivity contribution in [3.05, 3.63) is 94.8 Å². The highest BCUT2D eigenvalue weighted by molar-refractivity contribution is 7.89. The molecule has 0 amide bonds. The van der Waals surface area contributed by atoms with Crippen molar-refractivity contribution >= 4 is 10.0 Å². The van der Waals surface area contributed by atoms with Crippen LogP contribution in [-0.2, 0) is 34.5 Å². The molecule has 3 aromatic rings. The van der Waals surface area contributed by atoms with Gasteiger partial charge in [-0.2, -0.15) is 4.31 Å². The van der Waals surface area contributed by atoms with E-state index in [2.05, 4.69) is 0 Å². The van der Waals surface area contributed by atoms with Gasteiger partial charge in [-0.1, -0.05) is 36.4 Å². The molecule has 0 spiro atoms. The Morgan fingerprint density at radius 3 is 2.55 bits per heavy atom. The van der Waals surface area contributed by atoms with Crippen molar-refractivity contribution < 1.29 is 22.3 Å². The van der Waals surface area contributed by atoms with Gasteiger partial charge in [-0.05, 0) is 53.9 Å². The molecule has 0 radical (unpaired) electrons. The maximum Gasteiger partial charge on any atom is 0.243 e. The van der Waals surface area contributed by atoms with Crippen LogP contribution in [-0.4, -0.2) is 25.9 Å². The normalized spacial score (nSPS) is 14.5. The summed E-state index contributed by atoms with van der Waals surface area (Å²) in [6, 6.07) is 18.9. The first-order valence-corrected chi connectivity index (χ1v) is 11.5. The Balaban J connectivity index is 1.49. The van der Waals surface area contributed by atoms with Crippen LogP contribution >= 0.6 is 0 Å². The average Bonchev–Trinajstić information content (AvgIpc) is 2.97. The van der Waals surface area contributed by atoms with Gasteiger partial charge in [0.2, 0.25) is 10.0 Å². The third-order valence-corrected chi connectivity index (χ3v) is 7.21. The third-order valence-electron chi connectivity index (χ3n) is 5.21. The highest BCUT2D eigenvalue weighted by Gasteiger charge is 2.28. The molecule has 0 fully saturated rings. The van der Waals surface area contributed by atoms with Crippen LogP contribution in [0.1, 0.15) is 22.3 Å². The molecule has 0 N–H and O–H groups in total. The van der Waals surface area contributed by atoms with Crippen LogP contribution in [0.3, 0.4) is 0 Å². The SMILES string of the molecule is Cc1ccccc1S(=O)(=O)N1CCOc2ccc(COCc3cccc(F)c3)cc2C1. The summed E-state index contributed by atoms with van der Waals surface area (Å²) < 4.78 is 52.7. The minimum Gasteiger partial charge on any atom is -0.492 e. The van der Waals surface area contributed by atoms with Gasteiger partial charge >= 0.3 is 0 Å². The van der Waals surface area contributed by atoms with Gasteiger partial charge in [-0.15, -0.1) is 0 Å². The molecule has 0 bridgehead atoms. The van der Waals surface area contributed by atoms with Crippen LogP contribution < -0.4 is 4.74 Å². The Hall–Kier alpha value is -2.74. The second kappa shape index (κ2) is 9.18. The fourth-order valence-corrected chi connectivity index (χ4v) is 5.24. The first-order chi connectivity index (χ1) is 14.9. The predicted molar refractivity (Wildman–Crippen MR) is 116 cm³/mol. The van der Waals surface area contributed by atoms with Crippen LogP contribution in [0.4, 0.5) is 4.39 Å². The summed E-state index contributed by atoms with van der Waals surface area (Å²) in [6.45, 7) is 3.20. The molecule has 1 heterocycles. The van der Waals surface area contributed by atoms with Crippen molar-refractivity contribution in [2.24, 2.45) is 0 Å². The summed E-state index contributed by atoms with van der Waals surface area (Å²) in [4.78, 5) is 0.313. The van der Waals surface area contributed by atoms with Gasteiger partial charge in [0.1, 0.15) is 18.2 Å².